The SMILES string of the molecule is COc1ccc(CC(=O)NC(C)CCBr)cc1OC. The summed E-state index contributed by atoms with van der Waals surface area (Å²) in [5.41, 5.74) is 0.904. The molecule has 1 unspecified atom stereocenters. The largest absolute Gasteiger partial charge is 0.493 e. The van der Waals surface area contributed by atoms with Crippen molar-refractivity contribution < 1.29 is 14.3 Å². The Hall–Kier alpha value is -1.23. The maximum Gasteiger partial charge on any atom is 0.224 e. The van der Waals surface area contributed by atoms with Crippen molar-refractivity contribution in [3.8, 4) is 11.5 Å². The van der Waals surface area contributed by atoms with Crippen LogP contribution in [0.3, 0.4) is 0 Å². The van der Waals surface area contributed by atoms with Gasteiger partial charge in [-0.3, -0.25) is 4.79 Å². The van der Waals surface area contributed by atoms with Crippen LogP contribution in [0.5, 0.6) is 11.5 Å². The van der Waals surface area contributed by atoms with Crippen molar-refractivity contribution in [2.24, 2.45) is 0 Å². The Kier molecular flexibility index (Phi) is 6.70. The number of halogens is 1. The molecule has 0 aliphatic carbocycles. The summed E-state index contributed by atoms with van der Waals surface area (Å²) in [5, 5.41) is 3.83. The molecule has 106 valence electrons. The lowest BCUT2D eigenvalue weighted by Gasteiger charge is -2.13. The molecular weight excluding hydrogens is 310 g/mol. The van der Waals surface area contributed by atoms with Gasteiger partial charge in [-0.1, -0.05) is 22.0 Å². The lowest BCUT2D eigenvalue weighted by molar-refractivity contribution is -0.121. The topological polar surface area (TPSA) is 47.6 Å². The minimum absolute atomic E-state index is 0.0145. The number of hydrogen-bond acceptors (Lipinski definition) is 3. The molecule has 1 amide bonds. The van der Waals surface area contributed by atoms with E-state index in [-0.39, 0.29) is 11.9 Å². The van der Waals surface area contributed by atoms with E-state index in [0.717, 1.165) is 17.3 Å². The molecule has 4 nitrogen and oxygen atoms in total. The molecule has 5 heteroatoms. The summed E-state index contributed by atoms with van der Waals surface area (Å²) in [5.74, 6) is 1.32. The number of rotatable bonds is 7. The van der Waals surface area contributed by atoms with Crippen molar-refractivity contribution >= 4 is 21.8 Å². The van der Waals surface area contributed by atoms with Gasteiger partial charge in [-0.2, -0.15) is 0 Å². The molecular formula is C14H20BrNO3. The third-order valence-corrected chi connectivity index (χ3v) is 3.22. The number of amides is 1. The van der Waals surface area contributed by atoms with Crippen molar-refractivity contribution in [2.75, 3.05) is 19.5 Å². The van der Waals surface area contributed by atoms with E-state index in [2.05, 4.69) is 21.2 Å². The summed E-state index contributed by atoms with van der Waals surface area (Å²) in [6.07, 6.45) is 1.25. The molecule has 1 atom stereocenters. The third kappa shape index (κ3) is 5.11. The first-order chi connectivity index (χ1) is 9.10. The van der Waals surface area contributed by atoms with E-state index in [0.29, 0.717) is 17.9 Å². The van der Waals surface area contributed by atoms with Crippen molar-refractivity contribution in [3.05, 3.63) is 23.8 Å². The van der Waals surface area contributed by atoms with Crippen LogP contribution in [0.2, 0.25) is 0 Å². The monoisotopic (exact) mass is 329 g/mol. The van der Waals surface area contributed by atoms with Crippen molar-refractivity contribution in [2.45, 2.75) is 25.8 Å². The van der Waals surface area contributed by atoms with Gasteiger partial charge in [-0.05, 0) is 31.0 Å². The average molecular weight is 330 g/mol. The zero-order valence-corrected chi connectivity index (χ0v) is 13.1. The summed E-state index contributed by atoms with van der Waals surface area (Å²) in [6, 6.07) is 5.68. The summed E-state index contributed by atoms with van der Waals surface area (Å²) >= 11 is 3.36. The molecule has 1 aromatic rings. The zero-order valence-electron chi connectivity index (χ0n) is 11.5. The van der Waals surface area contributed by atoms with Gasteiger partial charge in [0.15, 0.2) is 11.5 Å². The van der Waals surface area contributed by atoms with Crippen LogP contribution in [-0.2, 0) is 11.2 Å². The maximum atomic E-state index is 11.9. The number of benzene rings is 1. The van der Waals surface area contributed by atoms with Crippen molar-refractivity contribution in [1.82, 2.24) is 5.32 Å². The summed E-state index contributed by atoms with van der Waals surface area (Å²) < 4.78 is 10.4. The van der Waals surface area contributed by atoms with Crippen molar-refractivity contribution in [3.63, 3.8) is 0 Å². The predicted octanol–water partition coefficient (Wildman–Crippen LogP) is 2.54. The fraction of sp³-hybridized carbons (Fsp3) is 0.500. The molecule has 1 rings (SSSR count). The highest BCUT2D eigenvalue weighted by molar-refractivity contribution is 9.09. The molecule has 0 fully saturated rings. The van der Waals surface area contributed by atoms with Crippen molar-refractivity contribution in [1.29, 1.82) is 0 Å². The first-order valence-corrected chi connectivity index (χ1v) is 7.29. The first-order valence-electron chi connectivity index (χ1n) is 6.17. The maximum absolute atomic E-state index is 11.9. The number of nitrogens with one attached hydrogen (secondary N) is 1. The molecule has 0 bridgehead atoms. The standard InChI is InChI=1S/C14H20BrNO3/c1-10(6-7-15)16-14(17)9-11-4-5-12(18-2)13(8-11)19-3/h4-5,8,10H,6-7,9H2,1-3H3,(H,16,17). The molecule has 0 aliphatic rings. The number of ether oxygens (including phenoxy) is 2. The van der Waals surface area contributed by atoms with E-state index in [9.17, 15) is 4.79 Å². The second-order valence-electron chi connectivity index (χ2n) is 4.31. The molecule has 0 aliphatic heterocycles. The van der Waals surface area contributed by atoms with Gasteiger partial charge in [0, 0.05) is 11.4 Å². The van der Waals surface area contributed by atoms with E-state index < -0.39 is 0 Å². The Balaban J connectivity index is 2.64. The molecule has 1 N–H and O–H groups in total. The van der Waals surface area contributed by atoms with E-state index >= 15 is 0 Å². The molecule has 0 radical (unpaired) electrons. The lowest BCUT2D eigenvalue weighted by Crippen LogP contribution is -2.33. The number of carbonyl (C=O) groups is 1. The minimum Gasteiger partial charge on any atom is -0.493 e. The quantitative estimate of drug-likeness (QED) is 0.782. The molecule has 19 heavy (non-hydrogen) atoms. The number of alkyl halides is 1. The Bertz CT molecular complexity index is 423. The predicted molar refractivity (Wildman–Crippen MR) is 79.3 cm³/mol. The van der Waals surface area contributed by atoms with E-state index in [1.807, 2.05) is 25.1 Å². The van der Waals surface area contributed by atoms with Gasteiger partial charge in [-0.25, -0.2) is 0 Å². The minimum atomic E-state index is 0.0145. The van der Waals surface area contributed by atoms with Gasteiger partial charge in [0.05, 0.1) is 20.6 Å². The fourth-order valence-corrected chi connectivity index (χ4v) is 2.42. The summed E-state index contributed by atoms with van der Waals surface area (Å²) in [4.78, 5) is 11.9. The Morgan fingerprint density at radius 3 is 2.58 bits per heavy atom. The van der Waals surface area contributed by atoms with Crippen LogP contribution in [-0.4, -0.2) is 31.5 Å². The second-order valence-corrected chi connectivity index (χ2v) is 5.11. The second kappa shape index (κ2) is 8.04. The first kappa shape index (κ1) is 15.8. The Labute approximate surface area is 122 Å². The van der Waals surface area contributed by atoms with Crippen LogP contribution in [0.4, 0.5) is 0 Å². The highest BCUT2D eigenvalue weighted by Gasteiger charge is 2.10. The van der Waals surface area contributed by atoms with Crippen LogP contribution < -0.4 is 14.8 Å². The van der Waals surface area contributed by atoms with E-state index in [4.69, 9.17) is 9.47 Å². The van der Waals surface area contributed by atoms with E-state index in [1.165, 1.54) is 0 Å². The molecule has 0 aromatic heterocycles. The highest BCUT2D eigenvalue weighted by Crippen LogP contribution is 2.27. The van der Waals surface area contributed by atoms with Crippen LogP contribution in [0.25, 0.3) is 0 Å². The number of carbonyl (C=O) groups excluding carboxylic acids is 1. The number of methoxy groups -OCH3 is 2. The summed E-state index contributed by atoms with van der Waals surface area (Å²) in [7, 11) is 3.17. The summed E-state index contributed by atoms with van der Waals surface area (Å²) in [6.45, 7) is 1.99. The lowest BCUT2D eigenvalue weighted by atomic mass is 10.1. The van der Waals surface area contributed by atoms with Crippen LogP contribution in [0.1, 0.15) is 18.9 Å². The van der Waals surface area contributed by atoms with Gasteiger partial charge in [-0.15, -0.1) is 0 Å². The van der Waals surface area contributed by atoms with E-state index in [1.54, 1.807) is 14.2 Å². The van der Waals surface area contributed by atoms with Crippen LogP contribution >= 0.6 is 15.9 Å². The van der Waals surface area contributed by atoms with Crippen LogP contribution in [0.15, 0.2) is 18.2 Å². The van der Waals surface area contributed by atoms with Gasteiger partial charge >= 0.3 is 0 Å². The molecule has 0 saturated carbocycles. The zero-order chi connectivity index (χ0) is 14.3. The van der Waals surface area contributed by atoms with Gasteiger partial charge in [0.1, 0.15) is 0 Å². The third-order valence-electron chi connectivity index (χ3n) is 2.76. The smallest absolute Gasteiger partial charge is 0.224 e. The molecule has 1 aromatic carbocycles. The van der Waals surface area contributed by atoms with Gasteiger partial charge < -0.3 is 14.8 Å². The average Bonchev–Trinajstić information content (AvgIpc) is 2.38. The Morgan fingerprint density at radius 1 is 1.32 bits per heavy atom. The highest BCUT2D eigenvalue weighted by atomic mass is 79.9. The molecule has 0 saturated heterocycles. The molecule has 0 heterocycles. The van der Waals surface area contributed by atoms with Crippen LogP contribution in [0, 0.1) is 0 Å². The van der Waals surface area contributed by atoms with Gasteiger partial charge in [0.25, 0.3) is 0 Å². The van der Waals surface area contributed by atoms with Gasteiger partial charge in [0.2, 0.25) is 5.91 Å². The Morgan fingerprint density at radius 2 is 2.00 bits per heavy atom. The fourth-order valence-electron chi connectivity index (χ4n) is 1.74. The number of hydrogen-bond donors (Lipinski definition) is 1. The molecule has 0 spiro atoms. The normalized spacial score (nSPS) is 11.8.